The number of amides is 2. The van der Waals surface area contributed by atoms with Crippen molar-refractivity contribution in [2.75, 3.05) is 5.32 Å². The standard InChI is InChI=1S/C26H22Cl2F3N5O2/c1-25(2,3)24(38)33-11-14-7-9-17(27)21(22(14)28)23(37)35-18-5-4-6-19-16(18)13-34-36(19)15-8-10-20(32-12-15)26(29,30)31/h4-10,12-13H,11H2,1-3H3,(H,33,38)(H,35,37). The molecule has 0 unspecified atom stereocenters. The first-order chi connectivity index (χ1) is 17.8. The number of aromatic nitrogens is 3. The summed E-state index contributed by atoms with van der Waals surface area (Å²) in [4.78, 5) is 29.0. The summed E-state index contributed by atoms with van der Waals surface area (Å²) in [6, 6.07) is 10.3. The summed E-state index contributed by atoms with van der Waals surface area (Å²) < 4.78 is 40.0. The molecule has 0 atom stereocenters. The number of nitrogens with one attached hydrogen (secondary N) is 2. The van der Waals surface area contributed by atoms with Crippen LogP contribution in [0.15, 0.2) is 54.9 Å². The number of nitrogens with zero attached hydrogens (tertiary/aromatic N) is 3. The van der Waals surface area contributed by atoms with E-state index in [0.717, 1.165) is 12.3 Å². The van der Waals surface area contributed by atoms with Crippen LogP contribution in [0, 0.1) is 5.41 Å². The zero-order valence-electron chi connectivity index (χ0n) is 20.5. The van der Waals surface area contributed by atoms with E-state index in [1.165, 1.54) is 23.0 Å². The van der Waals surface area contributed by atoms with Crippen LogP contribution >= 0.6 is 23.2 Å². The Balaban J connectivity index is 1.61. The molecule has 2 aromatic heterocycles. The van der Waals surface area contributed by atoms with Gasteiger partial charge in [0.05, 0.1) is 44.9 Å². The first-order valence-electron chi connectivity index (χ1n) is 11.3. The fraction of sp³-hybridized carbons (Fsp3) is 0.231. The van der Waals surface area contributed by atoms with E-state index >= 15 is 0 Å². The Morgan fingerprint density at radius 1 is 1.00 bits per heavy atom. The molecule has 2 heterocycles. The highest BCUT2D eigenvalue weighted by molar-refractivity contribution is 6.41. The molecule has 4 rings (SSSR count). The molecule has 2 amide bonds. The van der Waals surface area contributed by atoms with Crippen LogP contribution < -0.4 is 10.6 Å². The fourth-order valence-corrected chi connectivity index (χ4v) is 4.22. The van der Waals surface area contributed by atoms with Crippen molar-refractivity contribution in [3.05, 3.63) is 81.7 Å². The van der Waals surface area contributed by atoms with Crippen LogP contribution in [-0.2, 0) is 17.5 Å². The topological polar surface area (TPSA) is 88.9 Å². The van der Waals surface area contributed by atoms with Gasteiger partial charge in [-0.25, -0.2) is 9.67 Å². The fourth-order valence-electron chi connectivity index (χ4n) is 3.61. The maximum atomic E-state index is 13.2. The van der Waals surface area contributed by atoms with Gasteiger partial charge in [0.2, 0.25) is 5.91 Å². The van der Waals surface area contributed by atoms with Gasteiger partial charge in [-0.2, -0.15) is 18.3 Å². The van der Waals surface area contributed by atoms with Gasteiger partial charge in [0, 0.05) is 17.3 Å². The summed E-state index contributed by atoms with van der Waals surface area (Å²) in [6.45, 7) is 5.44. The third-order valence-electron chi connectivity index (χ3n) is 5.66. The summed E-state index contributed by atoms with van der Waals surface area (Å²) in [5.74, 6) is -0.762. The number of benzene rings is 2. The third kappa shape index (κ3) is 5.61. The van der Waals surface area contributed by atoms with Gasteiger partial charge in [-0.05, 0) is 35.9 Å². The van der Waals surface area contributed by atoms with Gasteiger partial charge in [0.25, 0.3) is 5.91 Å². The van der Waals surface area contributed by atoms with Crippen LogP contribution in [0.3, 0.4) is 0 Å². The normalized spacial score (nSPS) is 12.0. The molecule has 12 heteroatoms. The van der Waals surface area contributed by atoms with Crippen molar-refractivity contribution < 1.29 is 22.8 Å². The van der Waals surface area contributed by atoms with Crippen molar-refractivity contribution in [2.45, 2.75) is 33.5 Å². The second-order valence-corrected chi connectivity index (χ2v) is 10.3. The summed E-state index contributed by atoms with van der Waals surface area (Å²) in [7, 11) is 0. The molecule has 7 nitrogen and oxygen atoms in total. The minimum Gasteiger partial charge on any atom is -0.352 e. The average molecular weight is 564 g/mol. The number of pyridine rings is 1. The highest BCUT2D eigenvalue weighted by atomic mass is 35.5. The lowest BCUT2D eigenvalue weighted by atomic mass is 9.95. The molecule has 38 heavy (non-hydrogen) atoms. The molecule has 0 aliphatic carbocycles. The number of hydrogen-bond donors (Lipinski definition) is 2. The zero-order chi connectivity index (χ0) is 27.8. The Morgan fingerprint density at radius 3 is 2.37 bits per heavy atom. The molecule has 0 aliphatic rings. The lowest BCUT2D eigenvalue weighted by Crippen LogP contribution is -2.34. The van der Waals surface area contributed by atoms with Gasteiger partial charge < -0.3 is 10.6 Å². The number of rotatable bonds is 5. The Labute approximate surface area is 225 Å². The Bertz CT molecular complexity index is 1530. The van der Waals surface area contributed by atoms with E-state index in [2.05, 4.69) is 20.7 Å². The molecular formula is C26H22Cl2F3N5O2. The van der Waals surface area contributed by atoms with Gasteiger partial charge in [0.1, 0.15) is 5.69 Å². The molecule has 0 saturated carbocycles. The molecule has 0 aliphatic heterocycles. The molecule has 0 radical (unpaired) electrons. The van der Waals surface area contributed by atoms with E-state index < -0.39 is 23.2 Å². The second-order valence-electron chi connectivity index (χ2n) is 9.48. The summed E-state index contributed by atoms with van der Waals surface area (Å²) in [6.07, 6.45) is -2.01. The van der Waals surface area contributed by atoms with Gasteiger partial charge >= 0.3 is 6.18 Å². The number of anilines is 1. The number of carbonyl (C=O) groups excluding carboxylic acids is 2. The summed E-state index contributed by atoms with van der Waals surface area (Å²) in [5, 5.41) is 10.6. The predicted octanol–water partition coefficient (Wildman–Crippen LogP) is 6.66. The number of halogens is 5. The minimum absolute atomic E-state index is 0.0344. The molecular weight excluding hydrogens is 542 g/mol. The van der Waals surface area contributed by atoms with Crippen molar-refractivity contribution >= 4 is 51.6 Å². The van der Waals surface area contributed by atoms with Crippen molar-refractivity contribution in [3.8, 4) is 5.69 Å². The first kappa shape index (κ1) is 27.4. The van der Waals surface area contributed by atoms with Gasteiger partial charge in [-0.3, -0.25) is 9.59 Å². The molecule has 0 spiro atoms. The number of carbonyl (C=O) groups is 2. The van der Waals surface area contributed by atoms with E-state index in [1.807, 2.05) is 0 Å². The number of fused-ring (bicyclic) bond motifs is 1. The summed E-state index contributed by atoms with van der Waals surface area (Å²) in [5.41, 5.74) is 0.162. The van der Waals surface area contributed by atoms with Crippen LogP contribution in [0.4, 0.5) is 18.9 Å². The molecule has 198 valence electrons. The Hall–Kier alpha value is -3.63. The van der Waals surface area contributed by atoms with Crippen molar-refractivity contribution in [3.63, 3.8) is 0 Å². The zero-order valence-corrected chi connectivity index (χ0v) is 22.0. The Morgan fingerprint density at radius 2 is 1.74 bits per heavy atom. The maximum Gasteiger partial charge on any atom is 0.433 e. The van der Waals surface area contributed by atoms with Crippen LogP contribution in [-0.4, -0.2) is 26.6 Å². The summed E-state index contributed by atoms with van der Waals surface area (Å²) >= 11 is 12.8. The number of alkyl halides is 3. The molecule has 2 N–H and O–H groups in total. The van der Waals surface area contributed by atoms with Crippen LogP contribution in [0.1, 0.15) is 42.4 Å². The first-order valence-corrected chi connectivity index (χ1v) is 12.1. The SMILES string of the molecule is CC(C)(C)C(=O)NCc1ccc(Cl)c(C(=O)Nc2cccc3c2cnn3-c2ccc(C(F)(F)F)nc2)c1Cl. The lowest BCUT2D eigenvalue weighted by molar-refractivity contribution is -0.141. The molecule has 0 saturated heterocycles. The highest BCUT2D eigenvalue weighted by Crippen LogP contribution is 2.32. The average Bonchev–Trinajstić information content (AvgIpc) is 3.27. The molecule has 2 aromatic carbocycles. The predicted molar refractivity (Wildman–Crippen MR) is 140 cm³/mol. The monoisotopic (exact) mass is 563 g/mol. The maximum absolute atomic E-state index is 13.2. The van der Waals surface area contributed by atoms with Gasteiger partial charge in [-0.15, -0.1) is 0 Å². The van der Waals surface area contributed by atoms with E-state index in [0.29, 0.717) is 27.8 Å². The molecule has 0 fully saturated rings. The second kappa shape index (κ2) is 10.3. The van der Waals surface area contributed by atoms with Gasteiger partial charge in [-0.1, -0.05) is 56.1 Å². The van der Waals surface area contributed by atoms with E-state index in [9.17, 15) is 22.8 Å². The van der Waals surface area contributed by atoms with Crippen molar-refractivity contribution in [1.82, 2.24) is 20.1 Å². The molecule has 0 bridgehead atoms. The van der Waals surface area contributed by atoms with E-state index in [1.54, 1.807) is 45.0 Å². The van der Waals surface area contributed by atoms with Crippen LogP contribution in [0.25, 0.3) is 16.6 Å². The minimum atomic E-state index is -4.56. The number of hydrogen-bond acceptors (Lipinski definition) is 4. The Kier molecular flexibility index (Phi) is 7.40. The van der Waals surface area contributed by atoms with Crippen molar-refractivity contribution in [1.29, 1.82) is 0 Å². The van der Waals surface area contributed by atoms with E-state index in [-0.39, 0.29) is 28.1 Å². The van der Waals surface area contributed by atoms with Gasteiger partial charge in [0.15, 0.2) is 0 Å². The lowest BCUT2D eigenvalue weighted by Gasteiger charge is -2.18. The van der Waals surface area contributed by atoms with E-state index in [4.69, 9.17) is 23.2 Å². The highest BCUT2D eigenvalue weighted by Gasteiger charge is 2.32. The van der Waals surface area contributed by atoms with Crippen molar-refractivity contribution in [2.24, 2.45) is 5.41 Å². The molecule has 4 aromatic rings. The largest absolute Gasteiger partial charge is 0.433 e. The smallest absolute Gasteiger partial charge is 0.352 e. The quantitative estimate of drug-likeness (QED) is 0.284. The van der Waals surface area contributed by atoms with Crippen LogP contribution in [0.2, 0.25) is 10.0 Å². The van der Waals surface area contributed by atoms with Crippen LogP contribution in [0.5, 0.6) is 0 Å². The third-order valence-corrected chi connectivity index (χ3v) is 6.41.